The maximum absolute atomic E-state index is 12.3. The van der Waals surface area contributed by atoms with Crippen molar-refractivity contribution < 1.29 is 9.32 Å². The number of hydrogen-bond donors (Lipinski definition) is 0. The van der Waals surface area contributed by atoms with E-state index in [-0.39, 0.29) is 11.9 Å². The smallest absolute Gasteiger partial charge is 0.267 e. The van der Waals surface area contributed by atoms with Gasteiger partial charge in [-0.25, -0.2) is 0 Å². The first-order valence-electron chi connectivity index (χ1n) is 6.20. The molecule has 0 unspecified atom stereocenters. The minimum absolute atomic E-state index is 0.0552. The number of rotatable bonds is 3. The zero-order chi connectivity index (χ0) is 13.2. The second kappa shape index (κ2) is 5.04. The maximum Gasteiger partial charge on any atom is 0.267 e. The lowest BCUT2D eigenvalue weighted by molar-refractivity contribution is 0.0733. The van der Waals surface area contributed by atoms with E-state index < -0.39 is 0 Å². The molecule has 7 nitrogen and oxygen atoms in total. The molecular weight excluding hydrogens is 266 g/mol. The van der Waals surface area contributed by atoms with Crippen LogP contribution in [0.5, 0.6) is 0 Å². The summed E-state index contributed by atoms with van der Waals surface area (Å²) in [5, 5.41) is 7.68. The quantitative estimate of drug-likeness (QED) is 0.845. The van der Waals surface area contributed by atoms with Gasteiger partial charge in [-0.15, -0.1) is 5.10 Å². The lowest BCUT2D eigenvalue weighted by Crippen LogP contribution is -2.30. The number of hydrogen-bond acceptors (Lipinski definition) is 7. The molecular formula is C11H13N5O2S. The molecule has 19 heavy (non-hydrogen) atoms. The van der Waals surface area contributed by atoms with E-state index in [4.69, 9.17) is 4.52 Å². The van der Waals surface area contributed by atoms with E-state index >= 15 is 0 Å². The second-order valence-electron chi connectivity index (χ2n) is 4.34. The van der Waals surface area contributed by atoms with Crippen LogP contribution in [0.25, 0.3) is 0 Å². The Morgan fingerprint density at radius 3 is 3.21 bits per heavy atom. The Balaban J connectivity index is 1.83. The molecule has 2 aromatic heterocycles. The summed E-state index contributed by atoms with van der Waals surface area (Å²) in [6.45, 7) is 2.66. The number of carbonyl (C=O) groups is 1. The SMILES string of the molecule is CCc1nc([C@H]2CCCN2C(=O)c2cnns2)no1. The standard InChI is InChI=1S/C11H13N5O2S/c1-2-9-13-10(14-18-9)7-4-3-5-16(7)11(17)8-6-12-15-19-8/h6-7H,2-5H2,1H3/t7-/m1/s1. The zero-order valence-corrected chi connectivity index (χ0v) is 11.3. The number of aryl methyl sites for hydroxylation is 1. The highest BCUT2D eigenvalue weighted by atomic mass is 32.1. The van der Waals surface area contributed by atoms with E-state index in [0.717, 1.165) is 24.4 Å². The van der Waals surface area contributed by atoms with Gasteiger partial charge in [-0.1, -0.05) is 16.6 Å². The van der Waals surface area contributed by atoms with Gasteiger partial charge in [0.15, 0.2) is 5.82 Å². The van der Waals surface area contributed by atoms with Crippen molar-refractivity contribution in [3.8, 4) is 0 Å². The van der Waals surface area contributed by atoms with E-state index in [2.05, 4.69) is 19.7 Å². The molecule has 0 spiro atoms. The van der Waals surface area contributed by atoms with Crippen molar-refractivity contribution in [2.75, 3.05) is 6.54 Å². The van der Waals surface area contributed by atoms with Crippen LogP contribution >= 0.6 is 11.5 Å². The van der Waals surface area contributed by atoms with E-state index in [0.29, 0.717) is 29.6 Å². The molecule has 1 aliphatic rings. The van der Waals surface area contributed by atoms with E-state index in [1.165, 1.54) is 6.20 Å². The molecule has 1 saturated heterocycles. The topological polar surface area (TPSA) is 85.0 Å². The van der Waals surface area contributed by atoms with Gasteiger partial charge in [-0.3, -0.25) is 4.79 Å². The molecule has 0 aliphatic carbocycles. The average molecular weight is 279 g/mol. The fourth-order valence-corrected chi connectivity index (χ4v) is 2.70. The predicted molar refractivity (Wildman–Crippen MR) is 66.6 cm³/mol. The summed E-state index contributed by atoms with van der Waals surface area (Å²) in [5.41, 5.74) is 0. The van der Waals surface area contributed by atoms with Crippen LogP contribution in [-0.2, 0) is 6.42 Å². The van der Waals surface area contributed by atoms with Crippen LogP contribution in [-0.4, -0.2) is 37.1 Å². The first-order chi connectivity index (χ1) is 9.29. The molecule has 2 aromatic rings. The molecule has 1 fully saturated rings. The summed E-state index contributed by atoms with van der Waals surface area (Å²) < 4.78 is 8.85. The second-order valence-corrected chi connectivity index (χ2v) is 5.12. The van der Waals surface area contributed by atoms with Crippen LogP contribution in [0, 0.1) is 0 Å². The van der Waals surface area contributed by atoms with Crippen molar-refractivity contribution in [3.63, 3.8) is 0 Å². The molecule has 0 N–H and O–H groups in total. The van der Waals surface area contributed by atoms with Gasteiger partial charge in [-0.05, 0) is 24.4 Å². The molecule has 100 valence electrons. The van der Waals surface area contributed by atoms with E-state index in [9.17, 15) is 4.79 Å². The number of aromatic nitrogens is 4. The van der Waals surface area contributed by atoms with Crippen LogP contribution in [0.3, 0.4) is 0 Å². The Hall–Kier alpha value is -1.83. The van der Waals surface area contributed by atoms with E-state index in [1.807, 2.05) is 6.92 Å². The lowest BCUT2D eigenvalue weighted by Gasteiger charge is -2.20. The highest BCUT2D eigenvalue weighted by Gasteiger charge is 2.34. The van der Waals surface area contributed by atoms with Gasteiger partial charge >= 0.3 is 0 Å². The Morgan fingerprint density at radius 2 is 2.53 bits per heavy atom. The Kier molecular flexibility index (Phi) is 3.24. The highest BCUT2D eigenvalue weighted by Crippen LogP contribution is 2.31. The average Bonchev–Trinajstić information content (AvgIpc) is 3.16. The normalized spacial score (nSPS) is 19.0. The van der Waals surface area contributed by atoms with Gasteiger partial charge in [0.25, 0.3) is 5.91 Å². The van der Waals surface area contributed by atoms with Crippen LogP contribution in [0.15, 0.2) is 10.7 Å². The molecule has 8 heteroatoms. The Labute approximate surface area is 113 Å². The van der Waals surface area contributed by atoms with Crippen molar-refractivity contribution >= 4 is 17.4 Å². The Bertz CT molecular complexity index is 567. The minimum Gasteiger partial charge on any atom is -0.339 e. The van der Waals surface area contributed by atoms with Crippen LogP contribution in [0.4, 0.5) is 0 Å². The zero-order valence-electron chi connectivity index (χ0n) is 10.4. The molecule has 3 heterocycles. The molecule has 1 amide bonds. The highest BCUT2D eigenvalue weighted by molar-refractivity contribution is 7.07. The van der Waals surface area contributed by atoms with Gasteiger partial charge in [0, 0.05) is 13.0 Å². The summed E-state index contributed by atoms with van der Waals surface area (Å²) in [6.07, 6.45) is 4.00. The van der Waals surface area contributed by atoms with E-state index in [1.54, 1.807) is 4.90 Å². The molecule has 0 bridgehead atoms. The number of likely N-dealkylation sites (tertiary alicyclic amines) is 1. The molecule has 0 aromatic carbocycles. The first-order valence-corrected chi connectivity index (χ1v) is 6.97. The van der Waals surface area contributed by atoms with Gasteiger partial charge < -0.3 is 9.42 Å². The molecule has 3 rings (SSSR count). The number of carbonyl (C=O) groups excluding carboxylic acids is 1. The summed E-state index contributed by atoms with van der Waals surface area (Å²) in [6, 6.07) is -0.0985. The summed E-state index contributed by atoms with van der Waals surface area (Å²) in [4.78, 5) is 19.0. The third kappa shape index (κ3) is 2.23. The van der Waals surface area contributed by atoms with Gasteiger partial charge in [0.05, 0.1) is 12.2 Å². The van der Waals surface area contributed by atoms with Crippen molar-refractivity contribution in [1.29, 1.82) is 0 Å². The third-order valence-corrected chi connectivity index (χ3v) is 3.82. The summed E-state index contributed by atoms with van der Waals surface area (Å²) in [7, 11) is 0. The monoisotopic (exact) mass is 279 g/mol. The first kappa shape index (κ1) is 12.2. The van der Waals surface area contributed by atoms with Crippen molar-refractivity contribution in [3.05, 3.63) is 22.8 Å². The summed E-state index contributed by atoms with van der Waals surface area (Å²) >= 11 is 1.11. The largest absolute Gasteiger partial charge is 0.339 e. The number of nitrogens with zero attached hydrogens (tertiary/aromatic N) is 5. The van der Waals surface area contributed by atoms with Crippen molar-refractivity contribution in [2.45, 2.75) is 32.2 Å². The predicted octanol–water partition coefficient (Wildman–Crippen LogP) is 1.46. The molecule has 0 radical (unpaired) electrons. The molecule has 0 saturated carbocycles. The maximum atomic E-state index is 12.3. The van der Waals surface area contributed by atoms with Gasteiger partial charge in [-0.2, -0.15) is 4.98 Å². The van der Waals surface area contributed by atoms with Crippen LogP contribution in [0.1, 0.15) is 47.2 Å². The Morgan fingerprint density at radius 1 is 1.63 bits per heavy atom. The number of amides is 1. The van der Waals surface area contributed by atoms with Gasteiger partial charge in [0.1, 0.15) is 4.88 Å². The third-order valence-electron chi connectivity index (χ3n) is 3.17. The van der Waals surface area contributed by atoms with Crippen LogP contribution in [0.2, 0.25) is 0 Å². The van der Waals surface area contributed by atoms with Gasteiger partial charge in [0.2, 0.25) is 5.89 Å². The lowest BCUT2D eigenvalue weighted by atomic mass is 10.2. The summed E-state index contributed by atoms with van der Waals surface area (Å²) in [5.74, 6) is 1.15. The fourth-order valence-electron chi connectivity index (χ4n) is 2.23. The van der Waals surface area contributed by atoms with Crippen molar-refractivity contribution in [1.82, 2.24) is 24.6 Å². The molecule has 1 aliphatic heterocycles. The fraction of sp³-hybridized carbons (Fsp3) is 0.545. The minimum atomic E-state index is -0.0985. The molecule has 1 atom stereocenters. The van der Waals surface area contributed by atoms with Crippen LogP contribution < -0.4 is 0 Å². The van der Waals surface area contributed by atoms with Crippen molar-refractivity contribution in [2.24, 2.45) is 0 Å².